The van der Waals surface area contributed by atoms with Gasteiger partial charge in [-0.3, -0.25) is 4.90 Å². The molecule has 1 atom stereocenters. The van der Waals surface area contributed by atoms with Gasteiger partial charge in [-0.1, -0.05) is 48.5 Å². The van der Waals surface area contributed by atoms with E-state index >= 15 is 0 Å². The number of benzene rings is 2. The smallest absolute Gasteiger partial charge is 0.108 e. The SMILES string of the molecule is Cc1ccccc1-c1ccccc1COC(C)N1CCNCC1. The zero-order valence-electron chi connectivity index (χ0n) is 14.1. The van der Waals surface area contributed by atoms with Gasteiger partial charge in [0, 0.05) is 26.2 Å². The Morgan fingerprint density at radius 1 is 1.00 bits per heavy atom. The van der Waals surface area contributed by atoms with E-state index in [9.17, 15) is 0 Å². The fraction of sp³-hybridized carbons (Fsp3) is 0.400. The van der Waals surface area contributed by atoms with Crippen LogP contribution in [-0.4, -0.2) is 37.3 Å². The van der Waals surface area contributed by atoms with Crippen molar-refractivity contribution in [2.75, 3.05) is 26.2 Å². The van der Waals surface area contributed by atoms with Crippen molar-refractivity contribution in [2.45, 2.75) is 26.7 Å². The molecule has 122 valence electrons. The Hall–Kier alpha value is -1.68. The van der Waals surface area contributed by atoms with Gasteiger partial charge in [0.15, 0.2) is 0 Å². The first kappa shape index (κ1) is 16.2. The predicted molar refractivity (Wildman–Crippen MR) is 95.3 cm³/mol. The molecule has 1 saturated heterocycles. The maximum absolute atomic E-state index is 6.17. The lowest BCUT2D eigenvalue weighted by Gasteiger charge is -2.32. The molecule has 0 amide bonds. The van der Waals surface area contributed by atoms with Crippen molar-refractivity contribution in [3.63, 3.8) is 0 Å². The summed E-state index contributed by atoms with van der Waals surface area (Å²) < 4.78 is 6.17. The predicted octanol–water partition coefficient (Wildman–Crippen LogP) is 3.43. The van der Waals surface area contributed by atoms with Crippen LogP contribution in [0.4, 0.5) is 0 Å². The van der Waals surface area contributed by atoms with Crippen molar-refractivity contribution in [3.05, 3.63) is 59.7 Å². The van der Waals surface area contributed by atoms with Crippen molar-refractivity contribution in [1.82, 2.24) is 10.2 Å². The van der Waals surface area contributed by atoms with Gasteiger partial charge in [0.1, 0.15) is 6.23 Å². The number of rotatable bonds is 5. The molecule has 0 spiro atoms. The second-order valence-corrected chi connectivity index (χ2v) is 6.17. The van der Waals surface area contributed by atoms with Gasteiger partial charge in [0.2, 0.25) is 0 Å². The number of hydrogen-bond acceptors (Lipinski definition) is 3. The number of nitrogens with one attached hydrogen (secondary N) is 1. The van der Waals surface area contributed by atoms with Crippen LogP contribution in [0.15, 0.2) is 48.5 Å². The Labute approximate surface area is 139 Å². The fourth-order valence-corrected chi connectivity index (χ4v) is 3.15. The Balaban J connectivity index is 1.72. The molecule has 0 bridgehead atoms. The summed E-state index contributed by atoms with van der Waals surface area (Å²) in [4.78, 5) is 2.40. The van der Waals surface area contributed by atoms with E-state index < -0.39 is 0 Å². The van der Waals surface area contributed by atoms with Crippen molar-refractivity contribution in [3.8, 4) is 11.1 Å². The van der Waals surface area contributed by atoms with E-state index in [-0.39, 0.29) is 6.23 Å². The summed E-state index contributed by atoms with van der Waals surface area (Å²) in [5.74, 6) is 0. The van der Waals surface area contributed by atoms with Crippen LogP contribution in [0.25, 0.3) is 11.1 Å². The summed E-state index contributed by atoms with van der Waals surface area (Å²) in [5.41, 5.74) is 5.12. The van der Waals surface area contributed by atoms with E-state index in [4.69, 9.17) is 4.74 Å². The molecule has 3 rings (SSSR count). The maximum atomic E-state index is 6.17. The zero-order chi connectivity index (χ0) is 16.1. The van der Waals surface area contributed by atoms with E-state index in [1.807, 2.05) is 0 Å². The normalized spacial score (nSPS) is 17.1. The Bertz CT molecular complexity index is 635. The highest BCUT2D eigenvalue weighted by Gasteiger charge is 2.17. The van der Waals surface area contributed by atoms with Crippen molar-refractivity contribution >= 4 is 0 Å². The topological polar surface area (TPSA) is 24.5 Å². The molecular formula is C20H26N2O. The van der Waals surface area contributed by atoms with Crippen molar-refractivity contribution in [2.24, 2.45) is 0 Å². The number of nitrogens with zero attached hydrogens (tertiary/aromatic N) is 1. The van der Waals surface area contributed by atoms with Crippen LogP contribution >= 0.6 is 0 Å². The third-order valence-corrected chi connectivity index (χ3v) is 4.60. The first-order valence-corrected chi connectivity index (χ1v) is 8.46. The van der Waals surface area contributed by atoms with Crippen LogP contribution in [0.3, 0.4) is 0 Å². The molecule has 1 N–H and O–H groups in total. The molecule has 1 heterocycles. The first-order chi connectivity index (χ1) is 11.3. The molecule has 1 fully saturated rings. The van der Waals surface area contributed by atoms with Crippen LogP contribution in [-0.2, 0) is 11.3 Å². The van der Waals surface area contributed by atoms with E-state index in [1.54, 1.807) is 0 Å². The molecule has 1 unspecified atom stereocenters. The molecule has 3 nitrogen and oxygen atoms in total. The Morgan fingerprint density at radius 3 is 2.39 bits per heavy atom. The van der Waals surface area contributed by atoms with Crippen LogP contribution in [0, 0.1) is 6.92 Å². The molecule has 2 aromatic rings. The van der Waals surface area contributed by atoms with Gasteiger partial charge in [-0.2, -0.15) is 0 Å². The maximum Gasteiger partial charge on any atom is 0.108 e. The number of piperazine rings is 1. The van der Waals surface area contributed by atoms with E-state index in [1.165, 1.54) is 22.3 Å². The summed E-state index contributed by atoms with van der Waals surface area (Å²) in [7, 11) is 0. The molecule has 0 saturated carbocycles. The lowest BCUT2D eigenvalue weighted by Crippen LogP contribution is -2.48. The second-order valence-electron chi connectivity index (χ2n) is 6.17. The summed E-state index contributed by atoms with van der Waals surface area (Å²) >= 11 is 0. The lowest BCUT2D eigenvalue weighted by molar-refractivity contribution is -0.0606. The standard InChI is InChI=1S/C20H26N2O/c1-16-7-3-5-9-19(16)20-10-6-4-8-18(20)15-23-17(2)22-13-11-21-12-14-22/h3-10,17,21H,11-15H2,1-2H3. The second kappa shape index (κ2) is 7.73. The van der Waals surface area contributed by atoms with Crippen LogP contribution in [0.5, 0.6) is 0 Å². The highest BCUT2D eigenvalue weighted by atomic mass is 16.5. The van der Waals surface area contributed by atoms with Gasteiger partial charge in [-0.05, 0) is 36.1 Å². The van der Waals surface area contributed by atoms with Crippen molar-refractivity contribution in [1.29, 1.82) is 0 Å². The van der Waals surface area contributed by atoms with E-state index in [0.29, 0.717) is 6.61 Å². The molecule has 0 aliphatic carbocycles. The summed E-state index contributed by atoms with van der Waals surface area (Å²) in [6, 6.07) is 17.1. The quantitative estimate of drug-likeness (QED) is 0.915. The number of ether oxygens (including phenoxy) is 1. The lowest BCUT2D eigenvalue weighted by atomic mass is 9.96. The zero-order valence-corrected chi connectivity index (χ0v) is 14.1. The molecule has 2 aromatic carbocycles. The van der Waals surface area contributed by atoms with Crippen LogP contribution < -0.4 is 5.32 Å². The fourth-order valence-electron chi connectivity index (χ4n) is 3.15. The van der Waals surface area contributed by atoms with Gasteiger partial charge in [-0.25, -0.2) is 0 Å². The molecule has 3 heteroatoms. The largest absolute Gasteiger partial charge is 0.359 e. The summed E-state index contributed by atoms with van der Waals surface area (Å²) in [6.45, 7) is 9.18. The van der Waals surface area contributed by atoms with Gasteiger partial charge in [0.05, 0.1) is 6.61 Å². The minimum atomic E-state index is 0.155. The van der Waals surface area contributed by atoms with Crippen LogP contribution in [0.2, 0.25) is 0 Å². The van der Waals surface area contributed by atoms with Crippen LogP contribution in [0.1, 0.15) is 18.1 Å². The highest BCUT2D eigenvalue weighted by molar-refractivity contribution is 5.70. The van der Waals surface area contributed by atoms with Gasteiger partial charge >= 0.3 is 0 Å². The summed E-state index contributed by atoms with van der Waals surface area (Å²) in [6.07, 6.45) is 0.155. The van der Waals surface area contributed by atoms with E-state index in [0.717, 1.165) is 26.2 Å². The Kier molecular flexibility index (Phi) is 5.44. The van der Waals surface area contributed by atoms with Gasteiger partial charge in [-0.15, -0.1) is 0 Å². The number of aryl methyl sites for hydroxylation is 1. The monoisotopic (exact) mass is 310 g/mol. The first-order valence-electron chi connectivity index (χ1n) is 8.46. The third kappa shape index (κ3) is 3.99. The molecule has 1 aliphatic rings. The highest BCUT2D eigenvalue weighted by Crippen LogP contribution is 2.27. The molecule has 0 aromatic heterocycles. The molecule has 1 aliphatic heterocycles. The average molecular weight is 310 g/mol. The molecule has 0 radical (unpaired) electrons. The van der Waals surface area contributed by atoms with E-state index in [2.05, 4.69) is 72.6 Å². The van der Waals surface area contributed by atoms with Gasteiger partial charge in [0.25, 0.3) is 0 Å². The minimum Gasteiger partial charge on any atom is -0.359 e. The van der Waals surface area contributed by atoms with Crippen molar-refractivity contribution < 1.29 is 4.74 Å². The van der Waals surface area contributed by atoms with Gasteiger partial charge < -0.3 is 10.1 Å². The third-order valence-electron chi connectivity index (χ3n) is 4.60. The molecular weight excluding hydrogens is 284 g/mol. The average Bonchev–Trinajstić information content (AvgIpc) is 2.61. The summed E-state index contributed by atoms with van der Waals surface area (Å²) in [5, 5.41) is 3.38. The Morgan fingerprint density at radius 2 is 1.65 bits per heavy atom. The number of hydrogen-bond donors (Lipinski definition) is 1. The minimum absolute atomic E-state index is 0.155. The molecule has 23 heavy (non-hydrogen) atoms.